The van der Waals surface area contributed by atoms with Crippen LogP contribution in [0.15, 0.2) is 18.2 Å². The van der Waals surface area contributed by atoms with Crippen molar-refractivity contribution in [3.63, 3.8) is 0 Å². The number of aryl methyl sites for hydroxylation is 1. The largest absolute Gasteiger partial charge is 0.493 e. The summed E-state index contributed by atoms with van der Waals surface area (Å²) in [6.45, 7) is 7.31. The molecule has 0 aliphatic rings. The van der Waals surface area contributed by atoms with Gasteiger partial charge in [-0.25, -0.2) is 0 Å². The first-order valence-corrected chi connectivity index (χ1v) is 6.58. The Bertz CT molecular complexity index is 309. The number of para-hydroxylation sites is 1. The summed E-state index contributed by atoms with van der Waals surface area (Å²) in [6.07, 6.45) is 1.16. The number of halogens is 1. The first-order chi connectivity index (χ1) is 7.19. The first-order valence-electron chi connectivity index (χ1n) is 5.46. The molecule has 0 saturated carbocycles. The normalized spacial score (nSPS) is 12.5. The maximum absolute atomic E-state index is 5.88. The van der Waals surface area contributed by atoms with Gasteiger partial charge in [0.1, 0.15) is 5.75 Å². The summed E-state index contributed by atoms with van der Waals surface area (Å²) < 4.78 is 5.88. The zero-order chi connectivity index (χ0) is 11.3. The van der Waals surface area contributed by atoms with Gasteiger partial charge in [0.2, 0.25) is 0 Å². The summed E-state index contributed by atoms with van der Waals surface area (Å²) >= 11 is 3.49. The Kier molecular flexibility index (Phi) is 5.16. The van der Waals surface area contributed by atoms with Crippen LogP contribution in [0, 0.1) is 12.8 Å². The number of hydrogen-bond acceptors (Lipinski definition) is 1. The summed E-state index contributed by atoms with van der Waals surface area (Å²) in [5.74, 6) is 1.67. The minimum Gasteiger partial charge on any atom is -0.493 e. The molecule has 0 radical (unpaired) electrons. The van der Waals surface area contributed by atoms with Gasteiger partial charge in [-0.05, 0) is 18.4 Å². The van der Waals surface area contributed by atoms with Crippen LogP contribution in [0.1, 0.15) is 31.4 Å². The van der Waals surface area contributed by atoms with Crippen LogP contribution in [0.2, 0.25) is 0 Å². The molecule has 15 heavy (non-hydrogen) atoms. The van der Waals surface area contributed by atoms with E-state index < -0.39 is 0 Å². The predicted octanol–water partition coefficient (Wildman–Crippen LogP) is 4.31. The van der Waals surface area contributed by atoms with E-state index in [0.29, 0.717) is 5.92 Å². The lowest BCUT2D eigenvalue weighted by molar-refractivity contribution is 0.253. The van der Waals surface area contributed by atoms with Gasteiger partial charge in [-0.2, -0.15) is 0 Å². The van der Waals surface area contributed by atoms with Crippen molar-refractivity contribution in [1.82, 2.24) is 0 Å². The van der Waals surface area contributed by atoms with Crippen molar-refractivity contribution >= 4 is 15.9 Å². The van der Waals surface area contributed by atoms with Crippen LogP contribution >= 0.6 is 15.9 Å². The van der Waals surface area contributed by atoms with Crippen LogP contribution in [0.3, 0.4) is 0 Å². The highest BCUT2D eigenvalue weighted by atomic mass is 79.9. The minimum absolute atomic E-state index is 0.618. The first kappa shape index (κ1) is 12.6. The lowest BCUT2D eigenvalue weighted by Crippen LogP contribution is -2.09. The van der Waals surface area contributed by atoms with Crippen molar-refractivity contribution in [2.24, 2.45) is 5.92 Å². The van der Waals surface area contributed by atoms with Gasteiger partial charge in [0.25, 0.3) is 0 Å². The van der Waals surface area contributed by atoms with E-state index in [9.17, 15) is 0 Å². The van der Waals surface area contributed by atoms with E-state index in [0.717, 1.165) is 24.1 Å². The van der Waals surface area contributed by atoms with Crippen LogP contribution in [-0.4, -0.2) is 6.61 Å². The Morgan fingerprint density at radius 1 is 1.40 bits per heavy atom. The molecule has 1 aromatic carbocycles. The number of benzene rings is 1. The molecular weight excluding hydrogens is 252 g/mol. The molecule has 0 aliphatic heterocycles. The molecule has 0 heterocycles. The average Bonchev–Trinajstić information content (AvgIpc) is 2.26. The van der Waals surface area contributed by atoms with Crippen LogP contribution in [0.5, 0.6) is 5.75 Å². The number of alkyl halides is 1. The molecule has 0 aromatic heterocycles. The molecule has 0 saturated heterocycles. The van der Waals surface area contributed by atoms with Crippen molar-refractivity contribution in [2.45, 2.75) is 32.5 Å². The fraction of sp³-hybridized carbons (Fsp3) is 0.538. The van der Waals surface area contributed by atoms with Crippen molar-refractivity contribution in [2.75, 3.05) is 6.61 Å². The molecule has 0 spiro atoms. The molecule has 84 valence electrons. The van der Waals surface area contributed by atoms with Gasteiger partial charge in [0.05, 0.1) is 6.61 Å². The molecule has 0 aliphatic carbocycles. The third-order valence-electron chi connectivity index (χ3n) is 2.65. The molecule has 1 rings (SSSR count). The molecule has 0 N–H and O–H groups in total. The Hall–Kier alpha value is -0.500. The summed E-state index contributed by atoms with van der Waals surface area (Å²) in [5.41, 5.74) is 2.45. The number of ether oxygens (including phenoxy) is 1. The van der Waals surface area contributed by atoms with Gasteiger partial charge in [-0.15, -0.1) is 0 Å². The highest BCUT2D eigenvalue weighted by Crippen LogP contribution is 2.26. The van der Waals surface area contributed by atoms with Gasteiger partial charge in [-0.1, -0.05) is 54.4 Å². The van der Waals surface area contributed by atoms with E-state index >= 15 is 0 Å². The lowest BCUT2D eigenvalue weighted by atomic mass is 10.1. The highest BCUT2D eigenvalue weighted by Gasteiger charge is 2.07. The van der Waals surface area contributed by atoms with Crippen molar-refractivity contribution in [3.05, 3.63) is 29.3 Å². The fourth-order valence-electron chi connectivity index (χ4n) is 1.37. The van der Waals surface area contributed by atoms with Gasteiger partial charge in [-0.3, -0.25) is 0 Å². The fourth-order valence-corrected chi connectivity index (χ4v) is 1.81. The molecule has 0 amide bonds. The van der Waals surface area contributed by atoms with E-state index in [1.54, 1.807) is 0 Å². The maximum atomic E-state index is 5.88. The quantitative estimate of drug-likeness (QED) is 0.725. The Balaban J connectivity index is 2.74. The standard InChI is InChI=1S/C13H19BrO/c1-4-10(2)9-15-13-11(3)6-5-7-12(13)8-14/h5-7,10H,4,8-9H2,1-3H3. The second kappa shape index (κ2) is 6.16. The predicted molar refractivity (Wildman–Crippen MR) is 68.8 cm³/mol. The number of hydrogen-bond donors (Lipinski definition) is 0. The summed E-state index contributed by atoms with van der Waals surface area (Å²) in [6, 6.07) is 6.27. The van der Waals surface area contributed by atoms with E-state index in [1.807, 2.05) is 0 Å². The monoisotopic (exact) mass is 270 g/mol. The second-order valence-corrected chi connectivity index (χ2v) is 4.58. The summed E-state index contributed by atoms with van der Waals surface area (Å²) in [7, 11) is 0. The smallest absolute Gasteiger partial charge is 0.126 e. The summed E-state index contributed by atoms with van der Waals surface area (Å²) in [5, 5.41) is 0.852. The van der Waals surface area contributed by atoms with Gasteiger partial charge in [0, 0.05) is 10.9 Å². The zero-order valence-corrected chi connectivity index (χ0v) is 11.3. The second-order valence-electron chi connectivity index (χ2n) is 4.02. The highest BCUT2D eigenvalue weighted by molar-refractivity contribution is 9.08. The van der Waals surface area contributed by atoms with Crippen LogP contribution in [0.4, 0.5) is 0 Å². The SMILES string of the molecule is CCC(C)COc1c(C)cccc1CBr. The molecule has 1 atom stereocenters. The van der Waals surface area contributed by atoms with E-state index in [2.05, 4.69) is 54.9 Å². The topological polar surface area (TPSA) is 9.23 Å². The number of rotatable bonds is 5. The van der Waals surface area contributed by atoms with E-state index in [1.165, 1.54) is 11.1 Å². The van der Waals surface area contributed by atoms with E-state index in [4.69, 9.17) is 4.74 Å². The van der Waals surface area contributed by atoms with Crippen molar-refractivity contribution in [3.8, 4) is 5.75 Å². The Labute approximate surface area is 101 Å². The Morgan fingerprint density at radius 3 is 2.73 bits per heavy atom. The molecule has 0 fully saturated rings. The van der Waals surface area contributed by atoms with E-state index in [-0.39, 0.29) is 0 Å². The summed E-state index contributed by atoms with van der Waals surface area (Å²) in [4.78, 5) is 0. The van der Waals surface area contributed by atoms with Gasteiger partial charge >= 0.3 is 0 Å². The molecule has 1 nitrogen and oxygen atoms in total. The average molecular weight is 271 g/mol. The molecule has 2 heteroatoms. The van der Waals surface area contributed by atoms with Gasteiger partial charge in [0.15, 0.2) is 0 Å². The Morgan fingerprint density at radius 2 is 2.13 bits per heavy atom. The third kappa shape index (κ3) is 3.53. The van der Waals surface area contributed by atoms with Crippen LogP contribution in [0.25, 0.3) is 0 Å². The van der Waals surface area contributed by atoms with Crippen molar-refractivity contribution in [1.29, 1.82) is 0 Å². The maximum Gasteiger partial charge on any atom is 0.126 e. The lowest BCUT2D eigenvalue weighted by Gasteiger charge is -2.15. The third-order valence-corrected chi connectivity index (χ3v) is 3.25. The zero-order valence-electron chi connectivity index (χ0n) is 9.72. The molecular formula is C13H19BrO. The minimum atomic E-state index is 0.618. The molecule has 0 bridgehead atoms. The van der Waals surface area contributed by atoms with Crippen LogP contribution in [-0.2, 0) is 5.33 Å². The van der Waals surface area contributed by atoms with Crippen molar-refractivity contribution < 1.29 is 4.74 Å². The van der Waals surface area contributed by atoms with Gasteiger partial charge < -0.3 is 4.74 Å². The molecule has 1 aromatic rings. The molecule has 1 unspecified atom stereocenters. The van der Waals surface area contributed by atoms with Crippen LogP contribution < -0.4 is 4.74 Å².